The smallest absolute Gasteiger partial charge is 0.239 e. The average Bonchev–Trinajstić information content (AvgIpc) is 3.03. The van der Waals surface area contributed by atoms with Crippen LogP contribution in [-0.2, 0) is 11.2 Å². The van der Waals surface area contributed by atoms with Gasteiger partial charge in [-0.25, -0.2) is 0 Å². The lowest BCUT2D eigenvalue weighted by molar-refractivity contribution is -0.135. The second kappa shape index (κ2) is 4.10. The number of nitrogens with two attached hydrogens (primary N) is 1. The minimum absolute atomic E-state index is 0.110. The molecule has 3 nitrogen and oxygen atoms in total. The van der Waals surface area contributed by atoms with Crippen LogP contribution >= 0.6 is 11.3 Å². The van der Waals surface area contributed by atoms with Gasteiger partial charge in [0.1, 0.15) is 0 Å². The lowest BCUT2D eigenvalue weighted by atomic mass is 9.95. The maximum absolute atomic E-state index is 12.2. The fourth-order valence-electron chi connectivity index (χ4n) is 2.78. The minimum Gasteiger partial charge on any atom is -0.334 e. The zero-order chi connectivity index (χ0) is 12.0. The molecule has 4 heteroatoms. The molecule has 0 saturated heterocycles. The van der Waals surface area contributed by atoms with Gasteiger partial charge in [0.2, 0.25) is 5.91 Å². The minimum atomic E-state index is -0.378. The summed E-state index contributed by atoms with van der Waals surface area (Å²) >= 11 is 1.83. The fraction of sp³-hybridized carbons (Fsp3) is 0.615. The van der Waals surface area contributed by atoms with E-state index in [2.05, 4.69) is 11.4 Å². The Morgan fingerprint density at radius 2 is 2.35 bits per heavy atom. The third-order valence-electron chi connectivity index (χ3n) is 3.76. The van der Waals surface area contributed by atoms with E-state index in [1.54, 1.807) is 6.92 Å². The summed E-state index contributed by atoms with van der Waals surface area (Å²) < 4.78 is 0. The van der Waals surface area contributed by atoms with Crippen molar-refractivity contribution in [1.29, 1.82) is 0 Å². The third-order valence-corrected chi connectivity index (χ3v) is 4.75. The van der Waals surface area contributed by atoms with E-state index >= 15 is 0 Å². The molecule has 1 unspecified atom stereocenters. The summed E-state index contributed by atoms with van der Waals surface area (Å²) in [4.78, 5) is 15.7. The number of nitrogens with zero attached hydrogens (tertiary/aromatic N) is 1. The predicted octanol–water partition coefficient (Wildman–Crippen LogP) is 1.93. The molecule has 3 rings (SSSR count). The van der Waals surface area contributed by atoms with Crippen LogP contribution in [0.25, 0.3) is 0 Å². The number of rotatable bonds is 2. The number of carbonyl (C=O) groups is 1. The van der Waals surface area contributed by atoms with E-state index < -0.39 is 0 Å². The first-order chi connectivity index (χ1) is 8.18. The molecular weight excluding hydrogens is 232 g/mol. The summed E-state index contributed by atoms with van der Waals surface area (Å²) in [5.74, 6) is 0.782. The highest BCUT2D eigenvalue weighted by Crippen LogP contribution is 2.48. The van der Waals surface area contributed by atoms with Gasteiger partial charge in [0, 0.05) is 11.4 Å². The summed E-state index contributed by atoms with van der Waals surface area (Å²) in [5, 5.41) is 2.15. The summed E-state index contributed by atoms with van der Waals surface area (Å²) in [6, 6.07) is 2.13. The Kier molecular flexibility index (Phi) is 2.71. The summed E-state index contributed by atoms with van der Waals surface area (Å²) in [5.41, 5.74) is 7.14. The molecule has 2 aliphatic rings. The first-order valence-corrected chi connectivity index (χ1v) is 7.19. The van der Waals surface area contributed by atoms with Crippen LogP contribution in [0.3, 0.4) is 0 Å². The van der Waals surface area contributed by atoms with Crippen LogP contribution in [0, 0.1) is 5.92 Å². The van der Waals surface area contributed by atoms with Gasteiger partial charge in [-0.2, -0.15) is 0 Å². The zero-order valence-electron chi connectivity index (χ0n) is 10.1. The van der Waals surface area contributed by atoms with Gasteiger partial charge in [0.15, 0.2) is 0 Å². The van der Waals surface area contributed by atoms with Crippen LogP contribution in [0.15, 0.2) is 11.4 Å². The van der Waals surface area contributed by atoms with E-state index in [1.807, 2.05) is 16.2 Å². The van der Waals surface area contributed by atoms with Crippen LogP contribution in [0.2, 0.25) is 0 Å². The van der Waals surface area contributed by atoms with E-state index in [0.717, 1.165) is 13.0 Å². The van der Waals surface area contributed by atoms with Crippen molar-refractivity contribution < 1.29 is 4.79 Å². The van der Waals surface area contributed by atoms with Crippen molar-refractivity contribution in [2.45, 2.75) is 38.3 Å². The molecule has 92 valence electrons. The summed E-state index contributed by atoms with van der Waals surface area (Å²) in [7, 11) is 0. The molecule has 1 aromatic rings. The van der Waals surface area contributed by atoms with E-state index in [9.17, 15) is 4.79 Å². The van der Waals surface area contributed by atoms with Crippen molar-refractivity contribution >= 4 is 17.2 Å². The predicted molar refractivity (Wildman–Crippen MR) is 68.9 cm³/mol. The molecule has 1 aromatic heterocycles. The van der Waals surface area contributed by atoms with Crippen molar-refractivity contribution in [3.05, 3.63) is 21.9 Å². The topological polar surface area (TPSA) is 46.3 Å². The maximum Gasteiger partial charge on any atom is 0.239 e. The molecule has 0 aromatic carbocycles. The van der Waals surface area contributed by atoms with Crippen LogP contribution in [0.1, 0.15) is 36.2 Å². The van der Waals surface area contributed by atoms with Gasteiger partial charge >= 0.3 is 0 Å². The van der Waals surface area contributed by atoms with Gasteiger partial charge in [0.05, 0.1) is 12.1 Å². The number of hydrogen-bond donors (Lipinski definition) is 1. The van der Waals surface area contributed by atoms with E-state index in [0.29, 0.717) is 12.0 Å². The normalized spacial score (nSPS) is 25.5. The molecule has 1 aliphatic carbocycles. The van der Waals surface area contributed by atoms with Crippen molar-refractivity contribution in [3.8, 4) is 0 Å². The Morgan fingerprint density at radius 3 is 3.00 bits per heavy atom. The molecule has 0 bridgehead atoms. The highest BCUT2D eigenvalue weighted by atomic mass is 32.1. The van der Waals surface area contributed by atoms with Gasteiger partial charge in [-0.3, -0.25) is 4.79 Å². The number of carbonyl (C=O) groups excluding carboxylic acids is 1. The lowest BCUT2D eigenvalue weighted by Crippen LogP contribution is -2.47. The molecular formula is C13H18N2OS. The largest absolute Gasteiger partial charge is 0.334 e. The molecule has 1 saturated carbocycles. The molecule has 2 N–H and O–H groups in total. The zero-order valence-corrected chi connectivity index (χ0v) is 10.9. The van der Waals surface area contributed by atoms with Gasteiger partial charge in [-0.15, -0.1) is 11.3 Å². The van der Waals surface area contributed by atoms with Gasteiger partial charge in [-0.1, -0.05) is 0 Å². The molecule has 0 radical (unpaired) electrons. The first kappa shape index (κ1) is 11.2. The van der Waals surface area contributed by atoms with Crippen LogP contribution in [0.4, 0.5) is 0 Å². The number of amides is 1. The molecule has 1 aliphatic heterocycles. The molecule has 1 amide bonds. The number of fused-ring (bicyclic) bond motifs is 1. The van der Waals surface area contributed by atoms with Crippen LogP contribution in [0.5, 0.6) is 0 Å². The lowest BCUT2D eigenvalue weighted by Gasteiger charge is -2.37. The van der Waals surface area contributed by atoms with E-state index in [-0.39, 0.29) is 11.9 Å². The van der Waals surface area contributed by atoms with Crippen molar-refractivity contribution in [3.63, 3.8) is 0 Å². The summed E-state index contributed by atoms with van der Waals surface area (Å²) in [6.07, 6.45) is 3.50. The fourth-order valence-corrected chi connectivity index (χ4v) is 3.69. The Hall–Kier alpha value is -0.870. The van der Waals surface area contributed by atoms with Crippen LogP contribution in [-0.4, -0.2) is 23.4 Å². The third kappa shape index (κ3) is 1.89. The standard InChI is InChI=1S/C13H18N2OS/c1-8(14)13(16)15-6-4-11-10(5-7-17-11)12(15)9-2-3-9/h5,7-9,12H,2-4,6,14H2,1H3/t8-,12?/m0/s1. The monoisotopic (exact) mass is 250 g/mol. The quantitative estimate of drug-likeness (QED) is 0.872. The highest BCUT2D eigenvalue weighted by Gasteiger charge is 2.42. The number of thiophene rings is 1. The Balaban J connectivity index is 1.93. The molecule has 0 spiro atoms. The second-order valence-electron chi connectivity index (χ2n) is 5.15. The van der Waals surface area contributed by atoms with Crippen LogP contribution < -0.4 is 5.73 Å². The second-order valence-corrected chi connectivity index (χ2v) is 6.15. The molecule has 2 heterocycles. The molecule has 1 fully saturated rings. The van der Waals surface area contributed by atoms with E-state index in [1.165, 1.54) is 23.3 Å². The number of hydrogen-bond acceptors (Lipinski definition) is 3. The Bertz CT molecular complexity index is 436. The SMILES string of the molecule is C[C@H](N)C(=O)N1CCc2sccc2C1C1CC1. The highest BCUT2D eigenvalue weighted by molar-refractivity contribution is 7.10. The van der Waals surface area contributed by atoms with Gasteiger partial charge in [0.25, 0.3) is 0 Å². The Labute approximate surface area is 106 Å². The summed E-state index contributed by atoms with van der Waals surface area (Å²) in [6.45, 7) is 2.63. The molecule has 17 heavy (non-hydrogen) atoms. The van der Waals surface area contributed by atoms with Gasteiger partial charge in [-0.05, 0) is 49.1 Å². The van der Waals surface area contributed by atoms with E-state index in [4.69, 9.17) is 5.73 Å². The Morgan fingerprint density at radius 1 is 1.59 bits per heavy atom. The van der Waals surface area contributed by atoms with Crippen molar-refractivity contribution in [2.24, 2.45) is 11.7 Å². The van der Waals surface area contributed by atoms with Gasteiger partial charge < -0.3 is 10.6 Å². The van der Waals surface area contributed by atoms with Crippen molar-refractivity contribution in [1.82, 2.24) is 4.90 Å². The maximum atomic E-state index is 12.2. The average molecular weight is 250 g/mol. The molecule has 2 atom stereocenters. The van der Waals surface area contributed by atoms with Crippen molar-refractivity contribution in [2.75, 3.05) is 6.54 Å². The first-order valence-electron chi connectivity index (χ1n) is 6.31.